The molecule has 1 saturated carbocycles. The summed E-state index contributed by atoms with van der Waals surface area (Å²) in [4.78, 5) is 11.0. The Hall–Kier alpha value is -1.71. The maximum absolute atomic E-state index is 11.0. The van der Waals surface area contributed by atoms with E-state index in [1.54, 1.807) is 0 Å². The molecule has 2 aromatic rings. The summed E-state index contributed by atoms with van der Waals surface area (Å²) in [6.45, 7) is 7.52. The lowest BCUT2D eigenvalue weighted by atomic mass is 10.2. The molecular weight excluding hydrogens is 312 g/mol. The van der Waals surface area contributed by atoms with E-state index in [-0.39, 0.29) is 11.0 Å². The number of carbonyl (C=O) groups is 1. The summed E-state index contributed by atoms with van der Waals surface area (Å²) in [6.07, 6.45) is 2.06. The monoisotopic (exact) mass is 338 g/mol. The van der Waals surface area contributed by atoms with Crippen LogP contribution >= 0.6 is 0 Å². The Labute approximate surface area is 146 Å². The minimum Gasteiger partial charge on any atom is -0.407 e. The highest BCUT2D eigenvalue weighted by molar-refractivity contribution is 6.99. The molecule has 0 N–H and O–H groups in total. The van der Waals surface area contributed by atoms with E-state index < -0.39 is 8.32 Å². The first kappa shape index (κ1) is 17.1. The topological polar surface area (TPSA) is 26.3 Å². The lowest BCUT2D eigenvalue weighted by Crippen LogP contribution is -2.66. The number of rotatable bonds is 6. The second-order valence-electron chi connectivity index (χ2n) is 7.77. The maximum atomic E-state index is 11.0. The zero-order valence-electron chi connectivity index (χ0n) is 14.7. The fourth-order valence-electron chi connectivity index (χ4n) is 3.62. The average Bonchev–Trinajstić information content (AvgIpc) is 3.35. The van der Waals surface area contributed by atoms with Crippen LogP contribution in [-0.4, -0.2) is 21.2 Å². The Balaban J connectivity index is 2.05. The zero-order chi connectivity index (χ0) is 17.2. The minimum absolute atomic E-state index is 0.00126. The van der Waals surface area contributed by atoms with E-state index in [1.165, 1.54) is 10.4 Å². The third-order valence-corrected chi connectivity index (χ3v) is 10.1. The van der Waals surface area contributed by atoms with E-state index in [0.717, 1.165) is 12.7 Å². The van der Waals surface area contributed by atoms with Crippen molar-refractivity contribution in [2.24, 2.45) is 11.8 Å². The molecule has 0 saturated heterocycles. The minimum atomic E-state index is -2.43. The summed E-state index contributed by atoms with van der Waals surface area (Å²) in [5.41, 5.74) is 0. The highest BCUT2D eigenvalue weighted by Gasteiger charge is 2.51. The maximum Gasteiger partial charge on any atom is 0.261 e. The van der Waals surface area contributed by atoms with E-state index in [4.69, 9.17) is 4.43 Å². The van der Waals surface area contributed by atoms with Gasteiger partial charge in [0.25, 0.3) is 8.32 Å². The van der Waals surface area contributed by atoms with Crippen molar-refractivity contribution in [3.05, 3.63) is 60.7 Å². The largest absolute Gasteiger partial charge is 0.407 e. The van der Waals surface area contributed by atoms with Crippen molar-refractivity contribution in [2.45, 2.75) is 32.2 Å². The Morgan fingerprint density at radius 3 is 1.88 bits per heavy atom. The van der Waals surface area contributed by atoms with Crippen LogP contribution in [0.25, 0.3) is 0 Å². The van der Waals surface area contributed by atoms with Gasteiger partial charge < -0.3 is 9.22 Å². The van der Waals surface area contributed by atoms with Crippen LogP contribution in [0.4, 0.5) is 0 Å². The molecule has 2 nitrogen and oxygen atoms in total. The van der Waals surface area contributed by atoms with Crippen LogP contribution in [0.15, 0.2) is 60.7 Å². The van der Waals surface area contributed by atoms with Gasteiger partial charge in [-0.3, -0.25) is 0 Å². The zero-order valence-corrected chi connectivity index (χ0v) is 15.7. The first-order valence-corrected chi connectivity index (χ1v) is 10.6. The smallest absolute Gasteiger partial charge is 0.261 e. The van der Waals surface area contributed by atoms with Gasteiger partial charge in [-0.05, 0) is 27.8 Å². The number of hydrogen-bond donors (Lipinski definition) is 0. The van der Waals surface area contributed by atoms with E-state index in [1.807, 2.05) is 0 Å². The summed E-state index contributed by atoms with van der Waals surface area (Å²) < 4.78 is 6.80. The van der Waals surface area contributed by atoms with Crippen molar-refractivity contribution in [1.29, 1.82) is 0 Å². The average molecular weight is 339 g/mol. The van der Waals surface area contributed by atoms with Crippen LogP contribution in [0.1, 0.15) is 27.2 Å². The Morgan fingerprint density at radius 1 is 1.00 bits per heavy atom. The normalized spacial score (nSPS) is 20.6. The van der Waals surface area contributed by atoms with Crippen molar-refractivity contribution in [3.8, 4) is 0 Å². The standard InChI is InChI=1S/C21H26O2Si/c1-21(2,3)24(19-10-6-4-7-11-19,20-12-8-5-9-13-20)23-16-18-14-17(18)15-22/h4-13,15,17-18H,14,16H2,1-3H3/t17-,18-/m0/s1. The molecule has 0 amide bonds. The molecule has 3 heteroatoms. The first-order chi connectivity index (χ1) is 11.5. The van der Waals surface area contributed by atoms with Gasteiger partial charge in [-0.25, -0.2) is 0 Å². The molecule has 1 aliphatic carbocycles. The molecule has 0 bridgehead atoms. The SMILES string of the molecule is CC(C)(C)[Si](OC[C@@H]1C[C@H]1C=O)(c1ccccc1)c1ccccc1. The van der Waals surface area contributed by atoms with Crippen LogP contribution < -0.4 is 10.4 Å². The van der Waals surface area contributed by atoms with Crippen molar-refractivity contribution < 1.29 is 9.22 Å². The molecule has 1 aliphatic rings. The highest BCUT2D eigenvalue weighted by Crippen LogP contribution is 2.41. The molecular formula is C21H26O2Si. The third-order valence-electron chi connectivity index (χ3n) is 5.08. The molecule has 0 unspecified atom stereocenters. The van der Waals surface area contributed by atoms with Crippen molar-refractivity contribution in [3.63, 3.8) is 0 Å². The van der Waals surface area contributed by atoms with Gasteiger partial charge in [-0.2, -0.15) is 0 Å². The van der Waals surface area contributed by atoms with Crippen molar-refractivity contribution in [2.75, 3.05) is 6.61 Å². The van der Waals surface area contributed by atoms with Crippen LogP contribution in [0.3, 0.4) is 0 Å². The molecule has 0 aliphatic heterocycles. The fraction of sp³-hybridized carbons (Fsp3) is 0.381. The van der Waals surface area contributed by atoms with Crippen LogP contribution in [0, 0.1) is 11.8 Å². The molecule has 3 rings (SSSR count). The van der Waals surface area contributed by atoms with E-state index in [9.17, 15) is 4.79 Å². The van der Waals surface area contributed by atoms with Crippen LogP contribution in [-0.2, 0) is 9.22 Å². The summed E-state index contributed by atoms with van der Waals surface area (Å²) in [5.74, 6) is 0.590. The van der Waals surface area contributed by atoms with E-state index in [2.05, 4.69) is 81.4 Å². The molecule has 0 spiro atoms. The molecule has 24 heavy (non-hydrogen) atoms. The third kappa shape index (κ3) is 3.11. The Morgan fingerprint density at radius 2 is 1.50 bits per heavy atom. The fourth-order valence-corrected chi connectivity index (χ4v) is 8.24. The summed E-state index contributed by atoms with van der Waals surface area (Å²) >= 11 is 0. The predicted octanol–water partition coefficient (Wildman–Crippen LogP) is 3.40. The van der Waals surface area contributed by atoms with Crippen molar-refractivity contribution in [1.82, 2.24) is 0 Å². The Bertz CT molecular complexity index is 636. The lowest BCUT2D eigenvalue weighted by Gasteiger charge is -2.43. The van der Waals surface area contributed by atoms with Gasteiger partial charge in [0.15, 0.2) is 0 Å². The molecule has 0 aromatic heterocycles. The quantitative estimate of drug-likeness (QED) is 0.596. The molecule has 0 radical (unpaired) electrons. The predicted molar refractivity (Wildman–Crippen MR) is 101 cm³/mol. The van der Waals surface area contributed by atoms with Gasteiger partial charge in [0.05, 0.1) is 0 Å². The van der Waals surface area contributed by atoms with Gasteiger partial charge in [0.2, 0.25) is 0 Å². The second-order valence-corrected chi connectivity index (χ2v) is 12.1. The summed E-state index contributed by atoms with van der Waals surface area (Å²) in [7, 11) is -2.43. The summed E-state index contributed by atoms with van der Waals surface area (Å²) in [6, 6.07) is 21.3. The first-order valence-electron chi connectivity index (χ1n) is 8.69. The molecule has 126 valence electrons. The number of carbonyl (C=O) groups excluding carboxylic acids is 1. The molecule has 2 atom stereocenters. The van der Waals surface area contributed by atoms with Crippen molar-refractivity contribution >= 4 is 25.0 Å². The van der Waals surface area contributed by atoms with Gasteiger partial charge in [0.1, 0.15) is 6.29 Å². The molecule has 0 heterocycles. The highest BCUT2D eigenvalue weighted by atomic mass is 28.4. The number of benzene rings is 2. The van der Waals surface area contributed by atoms with E-state index in [0.29, 0.717) is 12.5 Å². The van der Waals surface area contributed by atoms with Crippen LogP contribution in [0.2, 0.25) is 5.04 Å². The number of aldehydes is 1. The number of hydrogen-bond acceptors (Lipinski definition) is 2. The van der Waals surface area contributed by atoms with Gasteiger partial charge in [0, 0.05) is 12.5 Å². The van der Waals surface area contributed by atoms with Crippen LogP contribution in [0.5, 0.6) is 0 Å². The lowest BCUT2D eigenvalue weighted by molar-refractivity contribution is -0.109. The molecule has 2 aromatic carbocycles. The summed E-state index contributed by atoms with van der Waals surface area (Å²) in [5, 5.41) is 2.60. The molecule has 1 fully saturated rings. The van der Waals surface area contributed by atoms with E-state index >= 15 is 0 Å². The van der Waals surface area contributed by atoms with Gasteiger partial charge in [-0.15, -0.1) is 0 Å². The second kappa shape index (κ2) is 6.65. The Kier molecular flexibility index (Phi) is 4.75. The van der Waals surface area contributed by atoms with Gasteiger partial charge >= 0.3 is 0 Å². The van der Waals surface area contributed by atoms with Gasteiger partial charge in [-0.1, -0.05) is 81.4 Å².